The van der Waals surface area contributed by atoms with Gasteiger partial charge in [0.25, 0.3) is 5.69 Å². The summed E-state index contributed by atoms with van der Waals surface area (Å²) >= 11 is 0. The first kappa shape index (κ1) is 13.4. The molecule has 0 amide bonds. The second kappa shape index (κ2) is 5.77. The Morgan fingerprint density at radius 1 is 1.58 bits per heavy atom. The molecule has 1 aromatic carbocycles. The molecule has 1 aromatic rings. The molecule has 1 saturated heterocycles. The number of carbonyl (C=O) groups excluding carboxylic acids is 1. The lowest BCUT2D eigenvalue weighted by atomic mass is 10.1. The Hall–Kier alpha value is -1.99. The molecule has 1 aliphatic heterocycles. The normalized spacial score (nSPS) is 19.2. The van der Waals surface area contributed by atoms with Crippen LogP contribution in [0.15, 0.2) is 18.2 Å². The molecular weight excluding hydrogens is 252 g/mol. The predicted octanol–water partition coefficient (Wildman–Crippen LogP) is 0.605. The van der Waals surface area contributed by atoms with Crippen molar-refractivity contribution in [3.05, 3.63) is 33.9 Å². The molecule has 0 spiro atoms. The van der Waals surface area contributed by atoms with Crippen molar-refractivity contribution in [2.45, 2.75) is 6.04 Å². The number of ether oxygens (including phenoxy) is 1. The van der Waals surface area contributed by atoms with E-state index in [1.807, 2.05) is 4.90 Å². The number of nitrogens with zero attached hydrogens (tertiary/aromatic N) is 2. The first-order valence-corrected chi connectivity index (χ1v) is 5.86. The van der Waals surface area contributed by atoms with Crippen LogP contribution in [-0.2, 0) is 4.74 Å². The number of anilines is 1. The molecular formula is C12H14N2O5. The third-order valence-electron chi connectivity index (χ3n) is 3.10. The van der Waals surface area contributed by atoms with E-state index in [1.165, 1.54) is 12.1 Å². The summed E-state index contributed by atoms with van der Waals surface area (Å²) in [6.45, 7) is 1.41. The number of hydrogen-bond donors (Lipinski definition) is 1. The van der Waals surface area contributed by atoms with E-state index in [0.717, 1.165) is 0 Å². The van der Waals surface area contributed by atoms with E-state index in [-0.39, 0.29) is 23.9 Å². The molecule has 0 radical (unpaired) electrons. The van der Waals surface area contributed by atoms with Crippen LogP contribution in [0.1, 0.15) is 10.4 Å². The minimum absolute atomic E-state index is 0.0330. The van der Waals surface area contributed by atoms with Gasteiger partial charge in [0.05, 0.1) is 36.3 Å². The number of aliphatic hydroxyl groups excluding tert-OH is 1. The van der Waals surface area contributed by atoms with Crippen molar-refractivity contribution in [3.63, 3.8) is 0 Å². The second-order valence-electron chi connectivity index (χ2n) is 4.22. The van der Waals surface area contributed by atoms with E-state index in [1.54, 1.807) is 6.07 Å². The Bertz CT molecular complexity index is 491. The van der Waals surface area contributed by atoms with Gasteiger partial charge in [-0.1, -0.05) is 0 Å². The highest BCUT2D eigenvalue weighted by Gasteiger charge is 2.24. The SMILES string of the molecule is O=Cc1cc(N2CCOCC2CO)ccc1[N+](=O)[O-]. The van der Waals surface area contributed by atoms with Gasteiger partial charge in [-0.3, -0.25) is 14.9 Å². The van der Waals surface area contributed by atoms with Gasteiger partial charge < -0.3 is 14.7 Å². The van der Waals surface area contributed by atoms with Crippen LogP contribution in [-0.4, -0.2) is 48.7 Å². The fourth-order valence-corrected chi connectivity index (χ4v) is 2.13. The molecule has 7 nitrogen and oxygen atoms in total. The third kappa shape index (κ3) is 2.72. The van der Waals surface area contributed by atoms with Crippen molar-refractivity contribution in [2.75, 3.05) is 31.3 Å². The predicted molar refractivity (Wildman–Crippen MR) is 67.5 cm³/mol. The van der Waals surface area contributed by atoms with Crippen LogP contribution < -0.4 is 4.90 Å². The summed E-state index contributed by atoms with van der Waals surface area (Å²) in [6.07, 6.45) is 0.468. The molecule has 1 unspecified atom stereocenters. The fraction of sp³-hybridized carbons (Fsp3) is 0.417. The number of carbonyl (C=O) groups is 1. The van der Waals surface area contributed by atoms with E-state index >= 15 is 0 Å². The van der Waals surface area contributed by atoms with Gasteiger partial charge in [-0.2, -0.15) is 0 Å². The van der Waals surface area contributed by atoms with Crippen LogP contribution in [0.4, 0.5) is 11.4 Å². The summed E-state index contributed by atoms with van der Waals surface area (Å²) in [5, 5.41) is 20.1. The Kier molecular flexibility index (Phi) is 4.08. The summed E-state index contributed by atoms with van der Waals surface area (Å²) in [5.41, 5.74) is 0.494. The number of hydrogen-bond acceptors (Lipinski definition) is 6. The first-order valence-electron chi connectivity index (χ1n) is 5.86. The lowest BCUT2D eigenvalue weighted by Crippen LogP contribution is -2.47. The Morgan fingerprint density at radius 2 is 2.37 bits per heavy atom. The van der Waals surface area contributed by atoms with Crippen LogP contribution in [0.5, 0.6) is 0 Å². The zero-order chi connectivity index (χ0) is 13.8. The summed E-state index contributed by atoms with van der Waals surface area (Å²) in [4.78, 5) is 23.0. The molecule has 7 heteroatoms. The highest BCUT2D eigenvalue weighted by molar-refractivity contribution is 5.83. The number of nitro groups is 1. The summed E-state index contributed by atoms with van der Waals surface area (Å²) in [6, 6.07) is 4.16. The van der Waals surface area contributed by atoms with Crippen molar-refractivity contribution in [1.82, 2.24) is 0 Å². The lowest BCUT2D eigenvalue weighted by Gasteiger charge is -2.36. The maximum Gasteiger partial charge on any atom is 0.280 e. The molecule has 1 heterocycles. The zero-order valence-electron chi connectivity index (χ0n) is 10.2. The first-order chi connectivity index (χ1) is 9.17. The van der Waals surface area contributed by atoms with E-state index in [0.29, 0.717) is 31.7 Å². The Morgan fingerprint density at radius 3 is 3.00 bits per heavy atom. The number of rotatable bonds is 4. The highest BCUT2D eigenvalue weighted by Crippen LogP contribution is 2.26. The monoisotopic (exact) mass is 266 g/mol. The van der Waals surface area contributed by atoms with Crippen LogP contribution in [0.25, 0.3) is 0 Å². The van der Waals surface area contributed by atoms with E-state index in [9.17, 15) is 20.0 Å². The van der Waals surface area contributed by atoms with Gasteiger partial charge in [0.2, 0.25) is 0 Å². The summed E-state index contributed by atoms with van der Waals surface area (Å²) in [7, 11) is 0. The van der Waals surface area contributed by atoms with Crippen LogP contribution >= 0.6 is 0 Å². The van der Waals surface area contributed by atoms with Gasteiger partial charge in [0.1, 0.15) is 0 Å². The van der Waals surface area contributed by atoms with Crippen molar-refractivity contribution < 1.29 is 19.6 Å². The van der Waals surface area contributed by atoms with Gasteiger partial charge >= 0.3 is 0 Å². The van der Waals surface area contributed by atoms with E-state index < -0.39 is 4.92 Å². The minimum atomic E-state index is -0.587. The van der Waals surface area contributed by atoms with Crippen molar-refractivity contribution in [1.29, 1.82) is 0 Å². The number of morpholine rings is 1. The molecule has 0 aromatic heterocycles. The molecule has 102 valence electrons. The molecule has 19 heavy (non-hydrogen) atoms. The van der Waals surface area contributed by atoms with Gasteiger partial charge in [-0.05, 0) is 12.1 Å². The standard InChI is InChI=1S/C12H14N2O5/c15-6-9-5-10(1-2-12(9)14(17)18)13-3-4-19-8-11(13)7-16/h1-2,5-6,11,16H,3-4,7-8H2. The van der Waals surface area contributed by atoms with E-state index in [2.05, 4.69) is 0 Å². The van der Waals surface area contributed by atoms with Crippen molar-refractivity contribution in [2.24, 2.45) is 0 Å². The van der Waals surface area contributed by atoms with Gasteiger partial charge in [0.15, 0.2) is 6.29 Å². The van der Waals surface area contributed by atoms with Gasteiger partial charge in [0, 0.05) is 18.3 Å². The maximum absolute atomic E-state index is 10.9. The number of benzene rings is 1. The molecule has 0 saturated carbocycles. The lowest BCUT2D eigenvalue weighted by molar-refractivity contribution is -0.385. The maximum atomic E-state index is 10.9. The molecule has 2 rings (SSSR count). The molecule has 1 atom stereocenters. The Labute approximate surface area is 109 Å². The largest absolute Gasteiger partial charge is 0.394 e. The Balaban J connectivity index is 2.34. The molecule has 0 bridgehead atoms. The average Bonchev–Trinajstić information content (AvgIpc) is 2.46. The van der Waals surface area contributed by atoms with Gasteiger partial charge in [-0.15, -0.1) is 0 Å². The zero-order valence-corrected chi connectivity index (χ0v) is 10.2. The minimum Gasteiger partial charge on any atom is -0.394 e. The van der Waals surface area contributed by atoms with Crippen LogP contribution in [0.2, 0.25) is 0 Å². The molecule has 1 fully saturated rings. The van der Waals surface area contributed by atoms with Crippen molar-refractivity contribution >= 4 is 17.7 Å². The van der Waals surface area contributed by atoms with Crippen LogP contribution in [0, 0.1) is 10.1 Å². The number of aldehydes is 1. The van der Waals surface area contributed by atoms with Crippen LogP contribution in [0.3, 0.4) is 0 Å². The average molecular weight is 266 g/mol. The smallest absolute Gasteiger partial charge is 0.280 e. The fourth-order valence-electron chi connectivity index (χ4n) is 2.13. The quantitative estimate of drug-likeness (QED) is 0.487. The van der Waals surface area contributed by atoms with Gasteiger partial charge in [-0.25, -0.2) is 0 Å². The van der Waals surface area contributed by atoms with E-state index in [4.69, 9.17) is 4.74 Å². The number of nitro benzene ring substituents is 1. The summed E-state index contributed by atoms with van der Waals surface area (Å²) < 4.78 is 5.26. The highest BCUT2D eigenvalue weighted by atomic mass is 16.6. The van der Waals surface area contributed by atoms with Crippen molar-refractivity contribution in [3.8, 4) is 0 Å². The topological polar surface area (TPSA) is 92.9 Å². The third-order valence-corrected chi connectivity index (χ3v) is 3.10. The molecule has 1 N–H and O–H groups in total. The number of aliphatic hydroxyl groups is 1. The molecule has 0 aliphatic carbocycles. The second-order valence-corrected chi connectivity index (χ2v) is 4.22. The molecule has 1 aliphatic rings. The summed E-state index contributed by atoms with van der Waals surface area (Å²) in [5.74, 6) is 0.